The molecule has 3 aromatic carbocycles. The number of hydrogen-bond donors (Lipinski definition) is 0. The van der Waals surface area contributed by atoms with E-state index >= 15 is 0 Å². The Hall–Kier alpha value is -3.20. The zero-order valence-corrected chi connectivity index (χ0v) is 23.3. The van der Waals surface area contributed by atoms with Gasteiger partial charge in [-0.2, -0.15) is 0 Å². The molecule has 0 saturated carbocycles. The summed E-state index contributed by atoms with van der Waals surface area (Å²) in [5.41, 5.74) is 3.80. The molecule has 0 N–H and O–H groups in total. The van der Waals surface area contributed by atoms with Gasteiger partial charge in [0.2, 0.25) is 17.6 Å². The molecule has 4 aliphatic rings. The lowest BCUT2D eigenvalue weighted by atomic mass is 9.54. The molecule has 1 fully saturated rings. The minimum Gasteiger partial charge on any atom is -0.457 e. The lowest BCUT2D eigenvalue weighted by Gasteiger charge is -2.55. The van der Waals surface area contributed by atoms with Crippen LogP contribution in [0, 0.1) is 11.8 Å². The van der Waals surface area contributed by atoms with Crippen molar-refractivity contribution < 1.29 is 23.5 Å². The number of rotatable bonds is 3. The van der Waals surface area contributed by atoms with Gasteiger partial charge in [0.1, 0.15) is 0 Å². The van der Waals surface area contributed by atoms with Gasteiger partial charge in [-0.1, -0.05) is 92.0 Å². The number of imide groups is 1. The summed E-state index contributed by atoms with van der Waals surface area (Å²) in [6.07, 6.45) is 1.35. The molecule has 188 valence electrons. The van der Waals surface area contributed by atoms with E-state index in [2.05, 4.69) is 31.9 Å². The zero-order chi connectivity index (χ0) is 26.4. The van der Waals surface area contributed by atoms with Crippen LogP contribution in [0.15, 0.2) is 89.5 Å². The molecule has 2 atom stereocenters. The number of alkyl halides is 2. The number of halogens is 3. The predicted molar refractivity (Wildman–Crippen MR) is 147 cm³/mol. The number of carbonyl (C=O) groups excluding carboxylic acids is 3. The maximum Gasteiger partial charge on any atom is 0.379 e. The topological polar surface area (TPSA) is 76.8 Å². The highest BCUT2D eigenvalue weighted by atomic mass is 79.9. The summed E-state index contributed by atoms with van der Waals surface area (Å²) in [6.45, 7) is 0. The number of benzene rings is 3. The summed E-state index contributed by atoms with van der Waals surface area (Å²) in [5, 5.41) is 0.282. The maximum atomic E-state index is 14.3. The minimum absolute atomic E-state index is 0.0126. The number of ether oxygens (including phenoxy) is 1. The van der Waals surface area contributed by atoms with Crippen LogP contribution >= 0.6 is 43.5 Å². The molecule has 2 unspecified atom stereocenters. The first-order chi connectivity index (χ1) is 18.3. The maximum absolute atomic E-state index is 14.3. The third-order valence-electron chi connectivity index (χ3n) is 7.67. The summed E-state index contributed by atoms with van der Waals surface area (Å²) >= 11 is 14.3. The van der Waals surface area contributed by atoms with Gasteiger partial charge in [0.15, 0.2) is 5.75 Å². The monoisotopic (exact) mass is 651 g/mol. The summed E-state index contributed by atoms with van der Waals surface area (Å²) in [5.74, 6) is -3.13. The van der Waals surface area contributed by atoms with Crippen LogP contribution in [-0.4, -0.2) is 17.8 Å². The fourth-order valence-electron chi connectivity index (χ4n) is 6.20. The van der Waals surface area contributed by atoms with Crippen molar-refractivity contribution in [1.82, 2.24) is 0 Å². The molecule has 0 spiro atoms. The molecule has 2 heterocycles. The molecular formula is C29H16Br2ClNO5. The number of amides is 2. The molecule has 4 aromatic rings. The Bertz CT molecular complexity index is 1560. The van der Waals surface area contributed by atoms with Crippen molar-refractivity contribution in [2.75, 3.05) is 4.90 Å². The number of carbonyl (C=O) groups is 3. The van der Waals surface area contributed by atoms with Crippen LogP contribution in [0.4, 0.5) is 5.69 Å². The van der Waals surface area contributed by atoms with Crippen molar-refractivity contribution in [2.45, 2.75) is 8.65 Å². The summed E-state index contributed by atoms with van der Waals surface area (Å²) < 4.78 is 8.86. The minimum atomic E-state index is -0.939. The van der Waals surface area contributed by atoms with E-state index in [0.717, 1.165) is 27.2 Å². The van der Waals surface area contributed by atoms with E-state index in [1.165, 1.54) is 30.5 Å². The Kier molecular flexibility index (Phi) is 5.12. The quantitative estimate of drug-likeness (QED) is 0.108. The molecule has 0 radical (unpaired) electrons. The van der Waals surface area contributed by atoms with E-state index in [0.29, 0.717) is 0 Å². The number of hydrogen-bond acceptors (Lipinski definition) is 5. The second-order valence-electron chi connectivity index (χ2n) is 9.46. The van der Waals surface area contributed by atoms with Crippen molar-refractivity contribution in [3.05, 3.63) is 118 Å². The number of anilines is 1. The highest BCUT2D eigenvalue weighted by molar-refractivity contribution is 9.10. The van der Waals surface area contributed by atoms with Crippen LogP contribution in [0.1, 0.15) is 32.8 Å². The first-order valence-corrected chi connectivity index (χ1v) is 13.7. The van der Waals surface area contributed by atoms with Gasteiger partial charge in [0.25, 0.3) is 0 Å². The smallest absolute Gasteiger partial charge is 0.379 e. The van der Waals surface area contributed by atoms with Crippen molar-refractivity contribution in [3.63, 3.8) is 0 Å². The molecule has 2 bridgehead atoms. The van der Waals surface area contributed by atoms with E-state index in [-0.39, 0.29) is 22.2 Å². The Morgan fingerprint density at radius 3 is 1.82 bits per heavy atom. The second-order valence-corrected chi connectivity index (χ2v) is 12.4. The van der Waals surface area contributed by atoms with Crippen LogP contribution in [-0.2, 0) is 18.2 Å². The van der Waals surface area contributed by atoms with Crippen LogP contribution < -0.4 is 9.64 Å². The SMILES string of the molecule is O=C(Oc1ccc(Cl)cc1N1C(=O)C2C(C1=O)C1(Br)c3ccccc3C2(Br)c2ccccc21)c1ccco1. The zero-order valence-electron chi connectivity index (χ0n) is 19.4. The molecule has 1 aromatic heterocycles. The lowest BCUT2D eigenvalue weighted by molar-refractivity contribution is -0.122. The van der Waals surface area contributed by atoms with Crippen LogP contribution in [0.2, 0.25) is 5.02 Å². The Morgan fingerprint density at radius 1 is 0.816 bits per heavy atom. The predicted octanol–water partition coefficient (Wildman–Crippen LogP) is 6.56. The number of nitrogens with zero attached hydrogens (tertiary/aromatic N) is 1. The molecule has 1 saturated heterocycles. The van der Waals surface area contributed by atoms with Crippen molar-refractivity contribution in [3.8, 4) is 5.75 Å². The van der Waals surface area contributed by atoms with E-state index < -0.39 is 38.3 Å². The van der Waals surface area contributed by atoms with Crippen LogP contribution in [0.5, 0.6) is 5.75 Å². The molecule has 38 heavy (non-hydrogen) atoms. The van der Waals surface area contributed by atoms with Gasteiger partial charge in [0.05, 0.1) is 32.4 Å². The highest BCUT2D eigenvalue weighted by Gasteiger charge is 2.72. The van der Waals surface area contributed by atoms with Gasteiger partial charge in [0, 0.05) is 5.02 Å². The van der Waals surface area contributed by atoms with Gasteiger partial charge in [-0.25, -0.2) is 9.69 Å². The number of furan rings is 1. The molecule has 3 aliphatic carbocycles. The van der Waals surface area contributed by atoms with E-state index in [1.807, 2.05) is 48.5 Å². The molecule has 2 amide bonds. The first-order valence-electron chi connectivity index (χ1n) is 11.8. The molecule has 6 nitrogen and oxygen atoms in total. The Balaban J connectivity index is 1.41. The molecule has 9 heteroatoms. The third-order valence-corrected chi connectivity index (χ3v) is 10.6. The average Bonchev–Trinajstić information content (AvgIpc) is 3.55. The second kappa shape index (κ2) is 8.15. The summed E-state index contributed by atoms with van der Waals surface area (Å²) in [7, 11) is 0. The van der Waals surface area contributed by atoms with Crippen molar-refractivity contribution in [2.24, 2.45) is 11.8 Å². The fourth-order valence-corrected chi connectivity index (χ4v) is 8.67. The van der Waals surface area contributed by atoms with Gasteiger partial charge < -0.3 is 9.15 Å². The fraction of sp³-hybridized carbons (Fsp3) is 0.138. The summed E-state index contributed by atoms with van der Waals surface area (Å²) in [6, 6.07) is 23.2. The van der Waals surface area contributed by atoms with Crippen LogP contribution in [0.3, 0.4) is 0 Å². The average molecular weight is 654 g/mol. The standard InChI is InChI=1S/C29H16Br2ClNO5/c30-28-16-6-1-2-7-17(16)29(31,19-9-4-3-8-18(19)28)24-23(28)25(34)33(26(24)35)20-14-15(32)11-12-21(20)38-27(36)22-10-5-13-37-22/h1-14,23-24H. The van der Waals surface area contributed by atoms with E-state index in [4.69, 9.17) is 20.8 Å². The summed E-state index contributed by atoms with van der Waals surface area (Å²) in [4.78, 5) is 42.5. The van der Waals surface area contributed by atoms with Crippen LogP contribution in [0.25, 0.3) is 0 Å². The molecule has 1 aliphatic heterocycles. The Morgan fingerprint density at radius 2 is 1.34 bits per heavy atom. The highest BCUT2D eigenvalue weighted by Crippen LogP contribution is 2.71. The van der Waals surface area contributed by atoms with E-state index in [9.17, 15) is 14.4 Å². The normalized spacial score (nSPS) is 26.7. The first kappa shape index (κ1) is 23.9. The van der Waals surface area contributed by atoms with E-state index in [1.54, 1.807) is 6.07 Å². The largest absolute Gasteiger partial charge is 0.457 e. The lowest BCUT2D eigenvalue weighted by Crippen LogP contribution is -2.56. The van der Waals surface area contributed by atoms with Gasteiger partial charge in [-0.05, 0) is 52.6 Å². The van der Waals surface area contributed by atoms with Gasteiger partial charge >= 0.3 is 5.97 Å². The Labute approximate surface area is 238 Å². The van der Waals surface area contributed by atoms with Gasteiger partial charge in [-0.3, -0.25) is 9.59 Å². The molecular weight excluding hydrogens is 638 g/mol. The van der Waals surface area contributed by atoms with Gasteiger partial charge in [-0.15, -0.1) is 0 Å². The number of esters is 1. The third kappa shape index (κ3) is 2.91. The van der Waals surface area contributed by atoms with Crippen molar-refractivity contribution >= 4 is 66.9 Å². The molecule has 8 rings (SSSR count). The van der Waals surface area contributed by atoms with Crippen molar-refractivity contribution in [1.29, 1.82) is 0 Å².